The van der Waals surface area contributed by atoms with Gasteiger partial charge in [-0.2, -0.15) is 4.98 Å². The van der Waals surface area contributed by atoms with Gasteiger partial charge in [0.15, 0.2) is 0 Å². The number of nitrogens with one attached hydrogen (secondary N) is 1. The maximum Gasteiger partial charge on any atom is 0.224 e. The molecule has 1 aliphatic rings. The molecule has 1 heterocycles. The monoisotopic (exact) mass is 279 g/mol. The molecule has 0 aromatic carbocycles. The molecule has 1 aromatic rings. The van der Waals surface area contributed by atoms with Gasteiger partial charge in [-0.15, -0.1) is 5.54 Å². The van der Waals surface area contributed by atoms with Gasteiger partial charge in [-0.25, -0.2) is 4.98 Å². The molecule has 0 unspecified atom stereocenters. The van der Waals surface area contributed by atoms with Crippen LogP contribution in [0.1, 0.15) is 24.8 Å². The van der Waals surface area contributed by atoms with Gasteiger partial charge in [0.2, 0.25) is 5.28 Å². The second-order valence-electron chi connectivity index (χ2n) is 5.67. The molecule has 1 fully saturated rings. The first-order chi connectivity index (χ1) is 8.44. The zero-order chi connectivity index (χ0) is 13.2. The summed E-state index contributed by atoms with van der Waals surface area (Å²) in [5.41, 5.74) is 4.19. The highest BCUT2D eigenvalue weighted by Crippen LogP contribution is 2.24. The number of anilines is 1. The molecule has 1 N–H and O–H groups in total. The third-order valence-electron chi connectivity index (χ3n) is 2.78. The fourth-order valence-electron chi connectivity index (χ4n) is 1.56. The first-order valence-corrected chi connectivity index (χ1v) is 10.1. The molecule has 2 rings (SSSR count). The van der Waals surface area contributed by atoms with E-state index in [0.717, 1.165) is 11.4 Å². The molecule has 3 nitrogen and oxygen atoms in total. The van der Waals surface area contributed by atoms with Crippen molar-refractivity contribution in [3.63, 3.8) is 0 Å². The van der Waals surface area contributed by atoms with Crippen LogP contribution in [0.4, 0.5) is 5.82 Å². The van der Waals surface area contributed by atoms with E-state index in [9.17, 15) is 0 Å². The molecule has 0 bridgehead atoms. The zero-order valence-corrected chi connectivity index (χ0v) is 12.8. The highest BCUT2D eigenvalue weighted by molar-refractivity contribution is 6.83. The van der Waals surface area contributed by atoms with Crippen molar-refractivity contribution in [2.75, 3.05) is 5.32 Å². The molecule has 5 heteroatoms. The van der Waals surface area contributed by atoms with Gasteiger partial charge in [0.25, 0.3) is 0 Å². The fourth-order valence-corrected chi connectivity index (χ4v) is 2.21. The normalized spacial score (nSPS) is 15.6. The Morgan fingerprint density at radius 1 is 1.39 bits per heavy atom. The van der Waals surface area contributed by atoms with Crippen LogP contribution in [0.5, 0.6) is 0 Å². The molecule has 0 atom stereocenters. The highest BCUT2D eigenvalue weighted by atomic mass is 35.5. The summed E-state index contributed by atoms with van der Waals surface area (Å²) in [7, 11) is -1.39. The number of nitrogens with zero attached hydrogens (tertiary/aromatic N) is 2. The van der Waals surface area contributed by atoms with E-state index in [-0.39, 0.29) is 5.28 Å². The lowest BCUT2D eigenvalue weighted by molar-refractivity contribution is 0.444. The van der Waals surface area contributed by atoms with Gasteiger partial charge in [0, 0.05) is 12.2 Å². The Morgan fingerprint density at radius 3 is 2.67 bits per heavy atom. The van der Waals surface area contributed by atoms with E-state index < -0.39 is 8.07 Å². The molecular formula is C13H18ClN3Si. The Kier molecular flexibility index (Phi) is 3.93. The van der Waals surface area contributed by atoms with Crippen LogP contribution in [0, 0.1) is 11.5 Å². The van der Waals surface area contributed by atoms with E-state index in [1.54, 1.807) is 6.20 Å². The smallest absolute Gasteiger partial charge is 0.224 e. The summed E-state index contributed by atoms with van der Waals surface area (Å²) >= 11 is 5.85. The van der Waals surface area contributed by atoms with Crippen molar-refractivity contribution in [1.82, 2.24) is 9.97 Å². The van der Waals surface area contributed by atoms with Crippen LogP contribution in [0.25, 0.3) is 0 Å². The largest absolute Gasteiger partial charge is 0.366 e. The van der Waals surface area contributed by atoms with E-state index >= 15 is 0 Å². The molecule has 1 saturated carbocycles. The molecule has 0 aliphatic heterocycles. The lowest BCUT2D eigenvalue weighted by Gasteiger charge is -2.27. The number of halogens is 1. The van der Waals surface area contributed by atoms with Crippen LogP contribution in [0.3, 0.4) is 0 Å². The zero-order valence-electron chi connectivity index (χ0n) is 11.0. The van der Waals surface area contributed by atoms with Gasteiger partial charge in [-0.05, 0) is 30.9 Å². The molecule has 1 aliphatic carbocycles. The van der Waals surface area contributed by atoms with Crippen molar-refractivity contribution >= 4 is 25.5 Å². The fraction of sp³-hybridized carbons (Fsp3) is 0.538. The van der Waals surface area contributed by atoms with Crippen molar-refractivity contribution in [3.05, 3.63) is 17.0 Å². The van der Waals surface area contributed by atoms with Crippen LogP contribution in [0.15, 0.2) is 6.20 Å². The molecule has 1 aromatic heterocycles. The Labute approximate surface area is 114 Å². The van der Waals surface area contributed by atoms with Crippen LogP contribution >= 0.6 is 11.6 Å². The Bertz CT molecular complexity index is 495. The minimum atomic E-state index is -1.39. The minimum Gasteiger partial charge on any atom is -0.366 e. The first kappa shape index (κ1) is 13.4. The van der Waals surface area contributed by atoms with Gasteiger partial charge in [-0.3, -0.25) is 0 Å². The number of hydrogen-bond donors (Lipinski definition) is 1. The first-order valence-electron chi connectivity index (χ1n) is 6.26. The van der Waals surface area contributed by atoms with Crippen LogP contribution < -0.4 is 5.32 Å². The number of rotatable bonds is 2. The van der Waals surface area contributed by atoms with Gasteiger partial charge >= 0.3 is 0 Å². The molecule has 18 heavy (non-hydrogen) atoms. The van der Waals surface area contributed by atoms with Crippen molar-refractivity contribution < 1.29 is 0 Å². The second kappa shape index (κ2) is 5.29. The van der Waals surface area contributed by atoms with Crippen LogP contribution in [0.2, 0.25) is 24.9 Å². The Morgan fingerprint density at radius 2 is 2.11 bits per heavy atom. The molecule has 0 amide bonds. The standard InChI is InChI=1S/C13H18ClN3Si/c1-18(2,3)8-7-10-9-15-13(14)17-12(10)16-11-5-4-6-11/h9,11H,4-6H2,1-3H3,(H,15,16,17). The summed E-state index contributed by atoms with van der Waals surface area (Å²) in [6, 6.07) is 0.517. The van der Waals surface area contributed by atoms with Gasteiger partial charge in [-0.1, -0.05) is 25.6 Å². The van der Waals surface area contributed by atoms with E-state index in [0.29, 0.717) is 6.04 Å². The SMILES string of the molecule is C[Si](C)(C)C#Cc1cnc(Cl)nc1NC1CCC1. The molecular weight excluding hydrogens is 262 g/mol. The average molecular weight is 280 g/mol. The van der Waals surface area contributed by atoms with E-state index in [2.05, 4.69) is 46.4 Å². The van der Waals surface area contributed by atoms with E-state index in [1.807, 2.05) is 0 Å². The summed E-state index contributed by atoms with van der Waals surface area (Å²) in [6.07, 6.45) is 5.39. The maximum atomic E-state index is 5.85. The van der Waals surface area contributed by atoms with Gasteiger partial charge < -0.3 is 5.32 Å². The van der Waals surface area contributed by atoms with Crippen LogP contribution in [-0.4, -0.2) is 24.1 Å². The maximum absolute atomic E-state index is 5.85. The summed E-state index contributed by atoms with van der Waals surface area (Å²) in [6.45, 7) is 6.65. The van der Waals surface area contributed by atoms with Crippen molar-refractivity contribution in [3.8, 4) is 11.5 Å². The summed E-state index contributed by atoms with van der Waals surface area (Å²) in [5, 5.41) is 3.67. The molecule has 0 spiro atoms. The number of aromatic nitrogens is 2. The van der Waals surface area contributed by atoms with E-state index in [4.69, 9.17) is 11.6 Å². The molecule has 0 saturated heterocycles. The minimum absolute atomic E-state index is 0.273. The molecule has 0 radical (unpaired) electrons. The quantitative estimate of drug-likeness (QED) is 0.513. The predicted octanol–water partition coefficient (Wildman–Crippen LogP) is 3.32. The van der Waals surface area contributed by atoms with Crippen molar-refractivity contribution in [2.45, 2.75) is 44.9 Å². The number of hydrogen-bond acceptors (Lipinski definition) is 3. The third-order valence-corrected chi connectivity index (χ3v) is 3.83. The predicted molar refractivity (Wildman–Crippen MR) is 78.5 cm³/mol. The second-order valence-corrected chi connectivity index (χ2v) is 10.8. The van der Waals surface area contributed by atoms with Crippen molar-refractivity contribution in [1.29, 1.82) is 0 Å². The summed E-state index contributed by atoms with van der Waals surface area (Å²) in [4.78, 5) is 8.27. The lowest BCUT2D eigenvalue weighted by Crippen LogP contribution is -2.28. The van der Waals surface area contributed by atoms with Crippen molar-refractivity contribution in [2.24, 2.45) is 0 Å². The van der Waals surface area contributed by atoms with Gasteiger partial charge in [0.05, 0.1) is 5.56 Å². The third kappa shape index (κ3) is 3.72. The van der Waals surface area contributed by atoms with Gasteiger partial charge in [0.1, 0.15) is 13.9 Å². The highest BCUT2D eigenvalue weighted by Gasteiger charge is 2.19. The average Bonchev–Trinajstić information content (AvgIpc) is 2.21. The van der Waals surface area contributed by atoms with Crippen LogP contribution in [-0.2, 0) is 0 Å². The Hall–Kier alpha value is -1.05. The Balaban J connectivity index is 2.24. The summed E-state index contributed by atoms with van der Waals surface area (Å²) < 4.78 is 0. The lowest BCUT2D eigenvalue weighted by atomic mass is 9.93. The topological polar surface area (TPSA) is 37.8 Å². The summed E-state index contributed by atoms with van der Waals surface area (Å²) in [5.74, 6) is 3.98. The molecule has 96 valence electrons. The van der Waals surface area contributed by atoms with E-state index in [1.165, 1.54) is 19.3 Å².